The smallest absolute Gasteiger partial charge is 0.325 e. The number of imide groups is 1. The van der Waals surface area contributed by atoms with Gasteiger partial charge in [0.15, 0.2) is 6.61 Å². The largest absolute Gasteiger partial charge is 0.459 e. The van der Waals surface area contributed by atoms with Crippen LogP contribution in [-0.2, 0) is 19.1 Å². The molecule has 2 heterocycles. The van der Waals surface area contributed by atoms with Crippen LogP contribution in [0, 0.1) is 0 Å². The zero-order valence-corrected chi connectivity index (χ0v) is 17.2. The molecule has 3 rings (SSSR count). The van der Waals surface area contributed by atoms with Gasteiger partial charge in [-0.1, -0.05) is 18.2 Å². The predicted octanol–water partition coefficient (Wildman–Crippen LogP) is 2.26. The Morgan fingerprint density at radius 2 is 2.00 bits per heavy atom. The maximum Gasteiger partial charge on any atom is 0.325 e. The van der Waals surface area contributed by atoms with Gasteiger partial charge in [0.1, 0.15) is 16.9 Å². The number of para-hydroxylation sites is 1. The van der Waals surface area contributed by atoms with E-state index in [9.17, 15) is 19.2 Å². The number of fused-ring (bicyclic) bond motifs is 1. The minimum atomic E-state index is -0.938. The summed E-state index contributed by atoms with van der Waals surface area (Å²) in [5.74, 6) is -0.757. The topological polar surface area (TPSA) is 118 Å². The molecule has 1 aliphatic heterocycles. The third-order valence-corrected chi connectivity index (χ3v) is 4.82. The fraction of sp³-hybridized carbons (Fsp3) is 0.429. The van der Waals surface area contributed by atoms with Crippen LogP contribution >= 0.6 is 0 Å². The lowest BCUT2D eigenvalue weighted by molar-refractivity contribution is -0.149. The Balaban J connectivity index is 1.38. The molecule has 4 amide bonds. The highest BCUT2D eigenvalue weighted by molar-refractivity contribution is 6.06. The lowest BCUT2D eigenvalue weighted by atomic mass is 10.1. The van der Waals surface area contributed by atoms with Crippen molar-refractivity contribution in [3.8, 4) is 0 Å². The van der Waals surface area contributed by atoms with Crippen molar-refractivity contribution in [2.24, 2.45) is 0 Å². The van der Waals surface area contributed by atoms with Crippen molar-refractivity contribution < 1.29 is 28.3 Å². The zero-order chi connectivity index (χ0) is 21.9. The molecule has 9 heteroatoms. The van der Waals surface area contributed by atoms with E-state index in [0.717, 1.165) is 15.9 Å². The highest BCUT2D eigenvalue weighted by Gasteiger charge is 2.43. The summed E-state index contributed by atoms with van der Waals surface area (Å²) in [6, 6.07) is 8.52. The molecule has 1 aromatic carbocycles. The van der Waals surface area contributed by atoms with E-state index < -0.39 is 30.1 Å². The van der Waals surface area contributed by atoms with E-state index in [1.54, 1.807) is 20.8 Å². The summed E-state index contributed by atoms with van der Waals surface area (Å²) in [4.78, 5) is 48.8. The first-order valence-electron chi connectivity index (χ1n) is 9.75. The molecular weight excluding hydrogens is 390 g/mol. The second kappa shape index (κ2) is 8.56. The van der Waals surface area contributed by atoms with Gasteiger partial charge in [-0.15, -0.1) is 0 Å². The van der Waals surface area contributed by atoms with Crippen molar-refractivity contribution in [3.05, 3.63) is 36.1 Å². The molecular formula is C21H25N3O6. The van der Waals surface area contributed by atoms with Gasteiger partial charge in [0.05, 0.1) is 6.04 Å². The van der Waals surface area contributed by atoms with Crippen molar-refractivity contribution in [2.75, 3.05) is 13.2 Å². The Morgan fingerprint density at radius 3 is 2.67 bits per heavy atom. The first kappa shape index (κ1) is 21.4. The predicted molar refractivity (Wildman–Crippen MR) is 107 cm³/mol. The molecule has 0 unspecified atom stereocenters. The molecule has 1 saturated heterocycles. The summed E-state index contributed by atoms with van der Waals surface area (Å²) in [5, 5.41) is 6.23. The summed E-state index contributed by atoms with van der Waals surface area (Å²) in [6.07, 6.45) is 0.245. The van der Waals surface area contributed by atoms with Gasteiger partial charge in [-0.05, 0) is 39.3 Å². The van der Waals surface area contributed by atoms with E-state index in [0.29, 0.717) is 5.76 Å². The minimum Gasteiger partial charge on any atom is -0.459 e. The first-order chi connectivity index (χ1) is 14.2. The number of urea groups is 1. The molecule has 1 fully saturated rings. The third kappa shape index (κ3) is 4.79. The number of hydrogen-bond donors (Lipinski definition) is 2. The lowest BCUT2D eigenvalue weighted by Gasteiger charge is -2.15. The van der Waals surface area contributed by atoms with Gasteiger partial charge in [0, 0.05) is 18.4 Å². The van der Waals surface area contributed by atoms with Crippen LogP contribution in [0.15, 0.2) is 34.7 Å². The summed E-state index contributed by atoms with van der Waals surface area (Å²) < 4.78 is 10.7. The molecule has 1 aromatic heterocycles. The number of carbonyl (C=O) groups excluding carboxylic acids is 4. The second-order valence-corrected chi connectivity index (χ2v) is 7.75. The van der Waals surface area contributed by atoms with Crippen LogP contribution in [0.4, 0.5) is 4.79 Å². The fourth-order valence-electron chi connectivity index (χ4n) is 3.19. The Labute approximate surface area is 173 Å². The SMILES string of the molecule is C[C@H](NC(=O)COC(=O)CCCN1C(=O)NC(C)(C)C1=O)c1cc2ccccc2o1. The molecule has 1 atom stereocenters. The van der Waals surface area contributed by atoms with E-state index in [1.807, 2.05) is 30.3 Å². The van der Waals surface area contributed by atoms with Crippen LogP contribution in [0.5, 0.6) is 0 Å². The fourth-order valence-corrected chi connectivity index (χ4v) is 3.19. The zero-order valence-electron chi connectivity index (χ0n) is 17.2. The number of rotatable bonds is 8. The quantitative estimate of drug-likeness (QED) is 0.504. The molecule has 160 valence electrons. The summed E-state index contributed by atoms with van der Waals surface area (Å²) in [7, 11) is 0. The van der Waals surface area contributed by atoms with E-state index >= 15 is 0 Å². The Morgan fingerprint density at radius 1 is 1.27 bits per heavy atom. The van der Waals surface area contributed by atoms with Crippen LogP contribution in [0.2, 0.25) is 0 Å². The van der Waals surface area contributed by atoms with Crippen molar-refractivity contribution in [1.29, 1.82) is 0 Å². The van der Waals surface area contributed by atoms with E-state index in [4.69, 9.17) is 9.15 Å². The molecule has 2 N–H and O–H groups in total. The molecule has 9 nitrogen and oxygen atoms in total. The van der Waals surface area contributed by atoms with Crippen LogP contribution < -0.4 is 10.6 Å². The number of ether oxygens (including phenoxy) is 1. The normalized spacial score (nSPS) is 16.4. The first-order valence-corrected chi connectivity index (χ1v) is 9.75. The Kier molecular flexibility index (Phi) is 6.09. The van der Waals surface area contributed by atoms with E-state index in [1.165, 1.54) is 0 Å². The Bertz CT molecular complexity index is 947. The highest BCUT2D eigenvalue weighted by Crippen LogP contribution is 2.23. The molecule has 2 aromatic rings. The Hall–Kier alpha value is -3.36. The van der Waals surface area contributed by atoms with Crippen molar-refractivity contribution in [3.63, 3.8) is 0 Å². The average molecular weight is 415 g/mol. The van der Waals surface area contributed by atoms with Crippen molar-refractivity contribution >= 4 is 34.8 Å². The summed E-state index contributed by atoms with van der Waals surface area (Å²) in [6.45, 7) is 4.70. The number of nitrogens with zero attached hydrogens (tertiary/aromatic N) is 1. The summed E-state index contributed by atoms with van der Waals surface area (Å²) >= 11 is 0. The average Bonchev–Trinajstić information content (AvgIpc) is 3.20. The van der Waals surface area contributed by atoms with Gasteiger partial charge in [-0.3, -0.25) is 19.3 Å². The standard InChI is InChI=1S/C21H25N3O6/c1-13(16-11-14-7-4-5-8-15(14)30-16)22-17(25)12-29-18(26)9-6-10-24-19(27)21(2,3)23-20(24)28/h4-5,7-8,11,13H,6,9-10,12H2,1-3H3,(H,22,25)(H,23,28)/t13-/m0/s1. The van der Waals surface area contributed by atoms with Gasteiger partial charge < -0.3 is 19.8 Å². The maximum atomic E-state index is 12.1. The lowest BCUT2D eigenvalue weighted by Crippen LogP contribution is -2.40. The van der Waals surface area contributed by atoms with Crippen molar-refractivity contribution in [1.82, 2.24) is 15.5 Å². The summed E-state index contributed by atoms with van der Waals surface area (Å²) in [5.41, 5.74) is -0.208. The molecule has 0 aliphatic carbocycles. The number of furan rings is 1. The molecule has 0 spiro atoms. The minimum absolute atomic E-state index is 0.0100. The van der Waals surface area contributed by atoms with Gasteiger partial charge >= 0.3 is 12.0 Å². The van der Waals surface area contributed by atoms with Gasteiger partial charge in [0.2, 0.25) is 0 Å². The number of esters is 1. The number of hydrogen-bond acceptors (Lipinski definition) is 6. The number of carbonyl (C=O) groups is 4. The number of nitrogens with one attached hydrogen (secondary N) is 2. The van der Waals surface area contributed by atoms with E-state index in [2.05, 4.69) is 10.6 Å². The van der Waals surface area contributed by atoms with Crippen LogP contribution in [0.25, 0.3) is 11.0 Å². The number of benzene rings is 1. The van der Waals surface area contributed by atoms with Crippen LogP contribution in [0.3, 0.4) is 0 Å². The van der Waals surface area contributed by atoms with Crippen molar-refractivity contribution in [2.45, 2.75) is 45.2 Å². The molecule has 1 aliphatic rings. The molecule has 0 radical (unpaired) electrons. The number of amides is 4. The second-order valence-electron chi connectivity index (χ2n) is 7.75. The van der Waals surface area contributed by atoms with Gasteiger partial charge in [0.25, 0.3) is 11.8 Å². The van der Waals surface area contributed by atoms with Crippen LogP contribution in [-0.4, -0.2) is 47.4 Å². The molecule has 0 saturated carbocycles. The monoisotopic (exact) mass is 415 g/mol. The molecule has 0 bridgehead atoms. The maximum absolute atomic E-state index is 12.1. The van der Waals surface area contributed by atoms with Gasteiger partial charge in [-0.25, -0.2) is 4.79 Å². The third-order valence-electron chi connectivity index (χ3n) is 4.82. The van der Waals surface area contributed by atoms with E-state index in [-0.39, 0.29) is 31.3 Å². The molecule has 30 heavy (non-hydrogen) atoms. The van der Waals surface area contributed by atoms with Crippen LogP contribution in [0.1, 0.15) is 45.4 Å². The highest BCUT2D eigenvalue weighted by atomic mass is 16.5. The van der Waals surface area contributed by atoms with Gasteiger partial charge in [-0.2, -0.15) is 0 Å².